The maximum absolute atomic E-state index is 13.5. The Labute approximate surface area is 218 Å². The van der Waals surface area contributed by atoms with Gasteiger partial charge in [0.1, 0.15) is 6.04 Å². The summed E-state index contributed by atoms with van der Waals surface area (Å²) in [5.74, 6) is -0.137. The molecule has 0 bridgehead atoms. The van der Waals surface area contributed by atoms with Gasteiger partial charge in [0.25, 0.3) is 5.91 Å². The van der Waals surface area contributed by atoms with Crippen LogP contribution in [-0.2, 0) is 16.0 Å². The number of hydrogen-bond donors (Lipinski definition) is 1. The maximum Gasteiger partial charge on any atom is 0.258 e. The van der Waals surface area contributed by atoms with Crippen LogP contribution in [0.15, 0.2) is 66.7 Å². The molecule has 3 aromatic carbocycles. The zero-order valence-electron chi connectivity index (χ0n) is 21.5. The number of carbonyl (C=O) groups excluding carboxylic acids is 3. The minimum absolute atomic E-state index is 0.00973. The van der Waals surface area contributed by atoms with Gasteiger partial charge in [-0.1, -0.05) is 67.4 Å². The van der Waals surface area contributed by atoms with E-state index < -0.39 is 6.04 Å². The number of nitrogens with zero attached hydrogens (tertiary/aromatic N) is 2. The fraction of sp³-hybridized carbons (Fsp3) is 0.387. The van der Waals surface area contributed by atoms with Gasteiger partial charge in [0.2, 0.25) is 11.8 Å². The number of amides is 3. The van der Waals surface area contributed by atoms with Crippen molar-refractivity contribution in [3.63, 3.8) is 0 Å². The standard InChI is InChI=1S/C31H35N3O3/c1-22(30(36)32-25-14-5-6-15-25)33(21-19-23-10-3-2-4-11-23)28(35)18-9-20-34-27-17-8-13-24-12-7-16-26(29(24)27)31(34)37/h2-4,7-8,10-13,16-17,22,25H,5-6,9,14-15,18-21H2,1H3,(H,32,36)/t22-/m1/s1. The molecule has 1 N–H and O–H groups in total. The Morgan fingerprint density at radius 2 is 1.73 bits per heavy atom. The second-order valence-electron chi connectivity index (χ2n) is 10.2. The molecule has 0 spiro atoms. The highest BCUT2D eigenvalue weighted by atomic mass is 16.2. The Bertz CT molecular complexity index is 1280. The molecule has 5 rings (SSSR count). The van der Waals surface area contributed by atoms with Crippen LogP contribution in [0.25, 0.3) is 10.8 Å². The molecule has 6 nitrogen and oxygen atoms in total. The molecule has 0 radical (unpaired) electrons. The molecule has 37 heavy (non-hydrogen) atoms. The second kappa shape index (κ2) is 11.2. The van der Waals surface area contributed by atoms with E-state index in [1.807, 2.05) is 73.7 Å². The zero-order valence-corrected chi connectivity index (χ0v) is 21.5. The molecule has 1 atom stereocenters. The quantitative estimate of drug-likeness (QED) is 0.424. The van der Waals surface area contributed by atoms with Gasteiger partial charge in [-0.2, -0.15) is 0 Å². The van der Waals surface area contributed by atoms with Crippen LogP contribution in [0.5, 0.6) is 0 Å². The largest absolute Gasteiger partial charge is 0.352 e. The number of rotatable bonds is 10. The first-order valence-electron chi connectivity index (χ1n) is 13.5. The molecule has 2 aliphatic rings. The van der Waals surface area contributed by atoms with Crippen LogP contribution >= 0.6 is 0 Å². The molecule has 0 unspecified atom stereocenters. The van der Waals surface area contributed by atoms with Crippen molar-refractivity contribution >= 4 is 34.2 Å². The topological polar surface area (TPSA) is 69.7 Å². The average molecular weight is 498 g/mol. The first-order chi connectivity index (χ1) is 18.0. The molecule has 1 aliphatic heterocycles. The Kier molecular flexibility index (Phi) is 7.54. The van der Waals surface area contributed by atoms with Crippen molar-refractivity contribution in [1.29, 1.82) is 0 Å². The fourth-order valence-electron chi connectivity index (χ4n) is 5.70. The summed E-state index contributed by atoms with van der Waals surface area (Å²) >= 11 is 0. The second-order valence-corrected chi connectivity index (χ2v) is 10.2. The van der Waals surface area contributed by atoms with E-state index in [-0.39, 0.29) is 30.2 Å². The lowest BCUT2D eigenvalue weighted by molar-refractivity contribution is -0.140. The monoisotopic (exact) mass is 497 g/mol. The Balaban J connectivity index is 1.24. The number of benzene rings is 3. The summed E-state index contributed by atoms with van der Waals surface area (Å²) in [4.78, 5) is 43.1. The normalized spacial score (nSPS) is 15.8. The molecule has 3 amide bonds. The van der Waals surface area contributed by atoms with Crippen LogP contribution < -0.4 is 10.2 Å². The predicted molar refractivity (Wildman–Crippen MR) is 147 cm³/mol. The molecule has 1 heterocycles. The van der Waals surface area contributed by atoms with E-state index in [9.17, 15) is 14.4 Å². The minimum atomic E-state index is -0.539. The Morgan fingerprint density at radius 1 is 1.00 bits per heavy atom. The van der Waals surface area contributed by atoms with Gasteiger partial charge >= 0.3 is 0 Å². The molecular formula is C31H35N3O3. The van der Waals surface area contributed by atoms with Gasteiger partial charge < -0.3 is 15.1 Å². The lowest BCUT2D eigenvalue weighted by Crippen LogP contribution is -2.50. The van der Waals surface area contributed by atoms with E-state index in [0.29, 0.717) is 25.9 Å². The van der Waals surface area contributed by atoms with Crippen LogP contribution in [0.1, 0.15) is 61.4 Å². The van der Waals surface area contributed by atoms with Crippen molar-refractivity contribution in [3.8, 4) is 0 Å². The van der Waals surface area contributed by atoms with E-state index >= 15 is 0 Å². The average Bonchev–Trinajstić information content (AvgIpc) is 3.53. The van der Waals surface area contributed by atoms with Crippen LogP contribution in [-0.4, -0.2) is 47.8 Å². The van der Waals surface area contributed by atoms with E-state index in [1.54, 1.807) is 9.80 Å². The van der Waals surface area contributed by atoms with E-state index in [4.69, 9.17) is 0 Å². The van der Waals surface area contributed by atoms with Gasteiger partial charge in [-0.3, -0.25) is 14.4 Å². The highest BCUT2D eigenvalue weighted by molar-refractivity contribution is 6.25. The smallest absolute Gasteiger partial charge is 0.258 e. The predicted octanol–water partition coefficient (Wildman–Crippen LogP) is 5.10. The SMILES string of the molecule is C[C@H](C(=O)NC1CCCC1)N(CCc1ccccc1)C(=O)CCCN1C(=O)c2cccc3cccc1c23. The first-order valence-corrected chi connectivity index (χ1v) is 13.5. The van der Waals surface area contributed by atoms with Gasteiger partial charge in [0.15, 0.2) is 0 Å². The molecule has 6 heteroatoms. The van der Waals surface area contributed by atoms with Crippen molar-refractivity contribution in [2.45, 2.75) is 64.0 Å². The summed E-state index contributed by atoms with van der Waals surface area (Å²) in [6, 6.07) is 21.5. The number of nitrogens with one attached hydrogen (secondary N) is 1. The van der Waals surface area contributed by atoms with Gasteiger partial charge in [-0.25, -0.2) is 0 Å². The first kappa shape index (κ1) is 25.0. The number of anilines is 1. The number of carbonyl (C=O) groups is 3. The van der Waals surface area contributed by atoms with Gasteiger partial charge in [0, 0.05) is 36.5 Å². The lowest BCUT2D eigenvalue weighted by atomic mass is 10.1. The summed E-state index contributed by atoms with van der Waals surface area (Å²) in [6.45, 7) is 2.78. The third kappa shape index (κ3) is 5.38. The van der Waals surface area contributed by atoms with Crippen LogP contribution in [0.2, 0.25) is 0 Å². The third-order valence-electron chi connectivity index (χ3n) is 7.77. The molecule has 192 valence electrons. The molecular weight excluding hydrogens is 462 g/mol. The zero-order chi connectivity index (χ0) is 25.8. The lowest BCUT2D eigenvalue weighted by Gasteiger charge is -2.30. The highest BCUT2D eigenvalue weighted by Crippen LogP contribution is 2.37. The fourth-order valence-corrected chi connectivity index (χ4v) is 5.70. The van der Waals surface area contributed by atoms with Crippen LogP contribution in [0.4, 0.5) is 5.69 Å². The van der Waals surface area contributed by atoms with Crippen molar-refractivity contribution < 1.29 is 14.4 Å². The highest BCUT2D eigenvalue weighted by Gasteiger charge is 2.31. The van der Waals surface area contributed by atoms with E-state index in [0.717, 1.165) is 53.3 Å². The molecule has 1 saturated carbocycles. The van der Waals surface area contributed by atoms with Crippen molar-refractivity contribution in [1.82, 2.24) is 10.2 Å². The molecule has 0 saturated heterocycles. The van der Waals surface area contributed by atoms with E-state index in [2.05, 4.69) is 5.32 Å². The van der Waals surface area contributed by atoms with Crippen LogP contribution in [0, 0.1) is 0 Å². The summed E-state index contributed by atoms with van der Waals surface area (Å²) in [7, 11) is 0. The van der Waals surface area contributed by atoms with Crippen LogP contribution in [0.3, 0.4) is 0 Å². The maximum atomic E-state index is 13.5. The number of hydrogen-bond acceptors (Lipinski definition) is 3. The summed E-state index contributed by atoms with van der Waals surface area (Å²) in [5.41, 5.74) is 2.77. The van der Waals surface area contributed by atoms with Crippen molar-refractivity contribution in [3.05, 3.63) is 77.9 Å². The Morgan fingerprint density at radius 3 is 2.49 bits per heavy atom. The van der Waals surface area contributed by atoms with Gasteiger partial charge in [-0.05, 0) is 55.7 Å². The van der Waals surface area contributed by atoms with Crippen molar-refractivity contribution in [2.75, 3.05) is 18.0 Å². The molecule has 1 fully saturated rings. The van der Waals surface area contributed by atoms with Gasteiger partial charge in [-0.15, -0.1) is 0 Å². The Hall–Kier alpha value is -3.67. The summed E-state index contributed by atoms with van der Waals surface area (Å²) < 4.78 is 0. The molecule has 0 aromatic heterocycles. The third-order valence-corrected chi connectivity index (χ3v) is 7.77. The van der Waals surface area contributed by atoms with E-state index in [1.165, 1.54) is 0 Å². The molecule has 1 aliphatic carbocycles. The summed E-state index contributed by atoms with van der Waals surface area (Å²) in [6.07, 6.45) is 5.81. The summed E-state index contributed by atoms with van der Waals surface area (Å²) in [5, 5.41) is 5.20. The molecule has 3 aromatic rings. The van der Waals surface area contributed by atoms with Crippen molar-refractivity contribution in [2.24, 2.45) is 0 Å². The minimum Gasteiger partial charge on any atom is -0.352 e. The van der Waals surface area contributed by atoms with Gasteiger partial charge in [0.05, 0.1) is 5.69 Å².